The van der Waals surface area contributed by atoms with Crippen molar-refractivity contribution >= 4 is 5.97 Å². The molecule has 1 aliphatic rings. The highest BCUT2D eigenvalue weighted by molar-refractivity contribution is 5.80. The van der Waals surface area contributed by atoms with Crippen LogP contribution in [-0.2, 0) is 9.53 Å². The molecule has 0 aromatic rings. The average Bonchev–Trinajstić information content (AvgIpc) is 2.13. The van der Waals surface area contributed by atoms with E-state index in [9.17, 15) is 4.79 Å². The van der Waals surface area contributed by atoms with Crippen molar-refractivity contribution in [2.24, 2.45) is 0 Å². The van der Waals surface area contributed by atoms with E-state index in [1.165, 1.54) is 6.08 Å². The fourth-order valence-corrected chi connectivity index (χ4v) is 2.24. The highest BCUT2D eigenvalue weighted by atomic mass is 16.5. The largest absolute Gasteiger partial charge is 0.478 e. The molecule has 1 fully saturated rings. The van der Waals surface area contributed by atoms with Crippen molar-refractivity contribution in [1.82, 2.24) is 4.90 Å². The Morgan fingerprint density at radius 3 is 2.76 bits per heavy atom. The molecular weight excluding hydrogens is 222 g/mol. The van der Waals surface area contributed by atoms with Crippen molar-refractivity contribution in [2.75, 3.05) is 26.2 Å². The van der Waals surface area contributed by atoms with E-state index in [0.29, 0.717) is 13.1 Å². The van der Waals surface area contributed by atoms with E-state index < -0.39 is 5.97 Å². The molecule has 1 saturated heterocycles. The first kappa shape index (κ1) is 14.2. The molecule has 5 nitrogen and oxygen atoms in total. The average molecular weight is 243 g/mol. The first-order valence-electron chi connectivity index (χ1n) is 5.73. The maximum atomic E-state index is 10.5. The van der Waals surface area contributed by atoms with Crippen molar-refractivity contribution in [3.63, 3.8) is 0 Å². The second-order valence-electron chi connectivity index (χ2n) is 5.18. The van der Waals surface area contributed by atoms with Gasteiger partial charge in [0.2, 0.25) is 0 Å². The van der Waals surface area contributed by atoms with Crippen LogP contribution in [0.4, 0.5) is 0 Å². The second-order valence-corrected chi connectivity index (χ2v) is 5.18. The highest BCUT2D eigenvalue weighted by Gasteiger charge is 2.32. The standard InChI is InChI=1S/C12H21NO4/c1-9(4-11(15)16)5-13-6-10(7-14)17-12(2,3)8-13/h4,10,14H,5-8H2,1-3H3,(H,15,16). The fourth-order valence-electron chi connectivity index (χ4n) is 2.24. The monoisotopic (exact) mass is 243 g/mol. The molecule has 0 saturated carbocycles. The molecule has 0 aromatic carbocycles. The SMILES string of the molecule is CC(=CC(=O)O)CN1CC(CO)OC(C)(C)C1. The van der Waals surface area contributed by atoms with Gasteiger partial charge in [0.15, 0.2) is 0 Å². The van der Waals surface area contributed by atoms with Gasteiger partial charge in [0.1, 0.15) is 0 Å². The summed E-state index contributed by atoms with van der Waals surface area (Å²) >= 11 is 0. The Balaban J connectivity index is 2.61. The lowest BCUT2D eigenvalue weighted by molar-refractivity contribution is -0.147. The minimum absolute atomic E-state index is 0.0123. The lowest BCUT2D eigenvalue weighted by Gasteiger charge is -2.42. The van der Waals surface area contributed by atoms with Gasteiger partial charge < -0.3 is 14.9 Å². The maximum absolute atomic E-state index is 10.5. The number of hydrogen-bond donors (Lipinski definition) is 2. The predicted molar refractivity (Wildman–Crippen MR) is 63.9 cm³/mol. The van der Waals surface area contributed by atoms with Gasteiger partial charge in [0.05, 0.1) is 18.3 Å². The van der Waals surface area contributed by atoms with Crippen LogP contribution in [0.3, 0.4) is 0 Å². The molecular formula is C12H21NO4. The highest BCUT2D eigenvalue weighted by Crippen LogP contribution is 2.21. The van der Waals surface area contributed by atoms with Gasteiger partial charge >= 0.3 is 5.97 Å². The third-order valence-electron chi connectivity index (χ3n) is 2.60. The van der Waals surface area contributed by atoms with E-state index in [4.69, 9.17) is 14.9 Å². The van der Waals surface area contributed by atoms with Crippen LogP contribution in [0.15, 0.2) is 11.6 Å². The Hall–Kier alpha value is -0.910. The molecule has 1 unspecified atom stereocenters. The molecule has 0 bridgehead atoms. The summed E-state index contributed by atoms with van der Waals surface area (Å²) < 4.78 is 5.69. The number of ether oxygens (including phenoxy) is 1. The second kappa shape index (κ2) is 5.62. The summed E-state index contributed by atoms with van der Waals surface area (Å²) in [7, 11) is 0. The fraction of sp³-hybridized carbons (Fsp3) is 0.750. The van der Waals surface area contributed by atoms with Gasteiger partial charge in [-0.05, 0) is 20.8 Å². The van der Waals surface area contributed by atoms with Gasteiger partial charge in [-0.25, -0.2) is 4.79 Å². The third kappa shape index (κ3) is 4.85. The molecule has 0 radical (unpaired) electrons. The number of hydrogen-bond acceptors (Lipinski definition) is 4. The van der Waals surface area contributed by atoms with E-state index in [-0.39, 0.29) is 18.3 Å². The summed E-state index contributed by atoms with van der Waals surface area (Å²) in [6, 6.07) is 0. The number of carbonyl (C=O) groups is 1. The quantitative estimate of drug-likeness (QED) is 0.703. The Labute approximate surface area is 102 Å². The molecule has 0 spiro atoms. The van der Waals surface area contributed by atoms with E-state index in [1.807, 2.05) is 13.8 Å². The van der Waals surface area contributed by atoms with E-state index in [0.717, 1.165) is 12.1 Å². The van der Waals surface area contributed by atoms with Crippen LogP contribution in [0.2, 0.25) is 0 Å². The molecule has 1 heterocycles. The van der Waals surface area contributed by atoms with Gasteiger partial charge in [0, 0.05) is 25.7 Å². The van der Waals surface area contributed by atoms with Gasteiger partial charge in [-0.15, -0.1) is 0 Å². The van der Waals surface area contributed by atoms with E-state index in [1.54, 1.807) is 6.92 Å². The molecule has 98 valence electrons. The summed E-state index contributed by atoms with van der Waals surface area (Å²) in [6.07, 6.45) is 1.02. The zero-order valence-corrected chi connectivity index (χ0v) is 10.6. The molecule has 0 aliphatic carbocycles. The number of carboxylic acids is 1. The normalized spacial score (nSPS) is 25.9. The molecule has 1 rings (SSSR count). The number of aliphatic hydroxyl groups excluding tert-OH is 1. The molecule has 1 atom stereocenters. The zero-order chi connectivity index (χ0) is 13.1. The molecule has 17 heavy (non-hydrogen) atoms. The predicted octanol–water partition coefficient (Wildman–Crippen LogP) is 0.489. The smallest absolute Gasteiger partial charge is 0.328 e. The van der Waals surface area contributed by atoms with Crippen molar-refractivity contribution in [1.29, 1.82) is 0 Å². The summed E-state index contributed by atoms with van der Waals surface area (Å²) in [6.45, 7) is 7.68. The van der Waals surface area contributed by atoms with Gasteiger partial charge in [-0.1, -0.05) is 5.57 Å². The van der Waals surface area contributed by atoms with Crippen molar-refractivity contribution in [3.05, 3.63) is 11.6 Å². The molecule has 0 aromatic heterocycles. The molecule has 0 amide bonds. The topological polar surface area (TPSA) is 70.0 Å². The summed E-state index contributed by atoms with van der Waals surface area (Å²) in [4.78, 5) is 12.6. The van der Waals surface area contributed by atoms with Gasteiger partial charge in [0.25, 0.3) is 0 Å². The Morgan fingerprint density at radius 2 is 2.24 bits per heavy atom. The first-order valence-corrected chi connectivity index (χ1v) is 5.73. The number of morpholine rings is 1. The number of nitrogens with zero attached hydrogens (tertiary/aromatic N) is 1. The van der Waals surface area contributed by atoms with Gasteiger partial charge in [-0.3, -0.25) is 4.90 Å². The number of carboxylic acid groups (broad SMARTS) is 1. The summed E-state index contributed by atoms with van der Waals surface area (Å²) in [5, 5.41) is 17.8. The van der Waals surface area contributed by atoms with Crippen molar-refractivity contribution in [3.8, 4) is 0 Å². The van der Waals surface area contributed by atoms with Crippen molar-refractivity contribution < 1.29 is 19.7 Å². The number of aliphatic carboxylic acids is 1. The lowest BCUT2D eigenvalue weighted by atomic mass is 10.0. The van der Waals surface area contributed by atoms with Crippen LogP contribution in [0.5, 0.6) is 0 Å². The summed E-state index contributed by atoms with van der Waals surface area (Å²) in [5.41, 5.74) is 0.488. The van der Waals surface area contributed by atoms with Crippen molar-refractivity contribution in [2.45, 2.75) is 32.5 Å². The van der Waals surface area contributed by atoms with E-state index >= 15 is 0 Å². The molecule has 1 aliphatic heterocycles. The lowest BCUT2D eigenvalue weighted by Crippen LogP contribution is -2.54. The van der Waals surface area contributed by atoms with Crippen LogP contribution in [0.1, 0.15) is 20.8 Å². The maximum Gasteiger partial charge on any atom is 0.328 e. The van der Waals surface area contributed by atoms with E-state index in [2.05, 4.69) is 4.90 Å². The van der Waals surface area contributed by atoms with Crippen LogP contribution < -0.4 is 0 Å². The Bertz CT molecular complexity index is 312. The van der Waals surface area contributed by atoms with Crippen LogP contribution in [0.25, 0.3) is 0 Å². The number of aliphatic hydroxyl groups is 1. The van der Waals surface area contributed by atoms with Crippen LogP contribution in [-0.4, -0.2) is 59.0 Å². The minimum atomic E-state index is -0.922. The van der Waals surface area contributed by atoms with Gasteiger partial charge in [-0.2, -0.15) is 0 Å². The molecule has 5 heteroatoms. The third-order valence-corrected chi connectivity index (χ3v) is 2.60. The zero-order valence-electron chi connectivity index (χ0n) is 10.6. The first-order chi connectivity index (χ1) is 7.82. The Morgan fingerprint density at radius 1 is 1.59 bits per heavy atom. The Kier molecular flexibility index (Phi) is 4.68. The minimum Gasteiger partial charge on any atom is -0.478 e. The molecule has 2 N–H and O–H groups in total. The van der Waals surface area contributed by atoms with Crippen LogP contribution >= 0.6 is 0 Å². The summed E-state index contributed by atoms with van der Waals surface area (Å²) in [5.74, 6) is -0.922. The number of rotatable bonds is 4. The van der Waals surface area contributed by atoms with Crippen LogP contribution in [0, 0.1) is 0 Å².